The van der Waals surface area contributed by atoms with Gasteiger partial charge in [-0.2, -0.15) is 0 Å². The number of hydrogen-bond acceptors (Lipinski definition) is 4. The van der Waals surface area contributed by atoms with Crippen LogP contribution in [0.15, 0.2) is 10.8 Å². The maximum absolute atomic E-state index is 11.5. The van der Waals surface area contributed by atoms with E-state index in [1.807, 2.05) is 13.8 Å². The van der Waals surface area contributed by atoms with Gasteiger partial charge >= 0.3 is 0 Å². The number of hydrogen-bond donors (Lipinski definition) is 2. The largest absolute Gasteiger partial charge is 0.448 e. The van der Waals surface area contributed by atoms with Crippen molar-refractivity contribution in [3.05, 3.63) is 17.8 Å². The maximum atomic E-state index is 11.5. The van der Waals surface area contributed by atoms with Gasteiger partial charge in [-0.1, -0.05) is 6.92 Å². The zero-order valence-electron chi connectivity index (χ0n) is 9.69. The molecule has 0 bridgehead atoms. The number of halogens is 1. The zero-order valence-corrected chi connectivity index (χ0v) is 10.5. The molecule has 6 heteroatoms. The third-order valence-electron chi connectivity index (χ3n) is 2.48. The summed E-state index contributed by atoms with van der Waals surface area (Å²) in [5, 5.41) is 2.77. The van der Waals surface area contributed by atoms with E-state index >= 15 is 0 Å². The first-order chi connectivity index (χ1) is 7.02. The molecule has 3 N–H and O–H groups in total. The molecule has 92 valence electrons. The fourth-order valence-corrected chi connectivity index (χ4v) is 1.07. The molecule has 0 radical (unpaired) electrons. The third kappa shape index (κ3) is 3.83. The molecule has 1 heterocycles. The molecule has 1 amide bonds. The first-order valence-electron chi connectivity index (χ1n) is 4.94. The Hall–Kier alpha value is -1.07. The number of oxazole rings is 1. The van der Waals surface area contributed by atoms with E-state index in [-0.39, 0.29) is 30.3 Å². The molecule has 0 aliphatic rings. The van der Waals surface area contributed by atoms with Gasteiger partial charge in [0.1, 0.15) is 11.5 Å². The van der Waals surface area contributed by atoms with E-state index in [0.717, 1.165) is 11.5 Å². The minimum atomic E-state index is -0.197. The Morgan fingerprint density at radius 1 is 1.62 bits per heavy atom. The van der Waals surface area contributed by atoms with Gasteiger partial charge in [-0.15, -0.1) is 12.4 Å². The van der Waals surface area contributed by atoms with Crippen molar-refractivity contribution in [2.45, 2.75) is 33.4 Å². The third-order valence-corrected chi connectivity index (χ3v) is 2.48. The van der Waals surface area contributed by atoms with Crippen molar-refractivity contribution in [1.29, 1.82) is 0 Å². The summed E-state index contributed by atoms with van der Waals surface area (Å²) in [6, 6.07) is -0.150. The van der Waals surface area contributed by atoms with Crippen molar-refractivity contribution in [3.8, 4) is 0 Å². The van der Waals surface area contributed by atoms with Crippen molar-refractivity contribution in [2.24, 2.45) is 11.7 Å². The summed E-state index contributed by atoms with van der Waals surface area (Å²) in [7, 11) is 0. The van der Waals surface area contributed by atoms with Gasteiger partial charge in [-0.25, -0.2) is 4.98 Å². The Morgan fingerprint density at radius 2 is 2.25 bits per heavy atom. The van der Waals surface area contributed by atoms with E-state index in [4.69, 9.17) is 10.2 Å². The molecular weight excluding hydrogens is 230 g/mol. The molecule has 0 saturated carbocycles. The highest BCUT2D eigenvalue weighted by Crippen LogP contribution is 2.05. The van der Waals surface area contributed by atoms with Crippen LogP contribution in [0.2, 0.25) is 0 Å². The highest BCUT2D eigenvalue weighted by molar-refractivity contribution is 5.85. The van der Waals surface area contributed by atoms with Crippen LogP contribution < -0.4 is 11.1 Å². The molecule has 1 aromatic rings. The van der Waals surface area contributed by atoms with Crippen LogP contribution in [0.3, 0.4) is 0 Å². The molecule has 0 saturated heterocycles. The number of aryl methyl sites for hydroxylation is 1. The van der Waals surface area contributed by atoms with E-state index in [9.17, 15) is 4.79 Å². The fourth-order valence-electron chi connectivity index (χ4n) is 1.07. The second-order valence-electron chi connectivity index (χ2n) is 3.72. The van der Waals surface area contributed by atoms with Gasteiger partial charge in [0.15, 0.2) is 6.39 Å². The Balaban J connectivity index is 0.00000225. The summed E-state index contributed by atoms with van der Waals surface area (Å²) in [4.78, 5) is 15.5. The Morgan fingerprint density at radius 3 is 2.69 bits per heavy atom. The highest BCUT2D eigenvalue weighted by atomic mass is 35.5. The first-order valence-corrected chi connectivity index (χ1v) is 4.94. The minimum Gasteiger partial charge on any atom is -0.448 e. The predicted octanol–water partition coefficient (Wildman–Crippen LogP) is 1.00. The number of carbonyl (C=O) groups is 1. The smallest absolute Gasteiger partial charge is 0.224 e. The zero-order chi connectivity index (χ0) is 11.4. The number of nitrogens with two attached hydrogens (primary N) is 1. The van der Waals surface area contributed by atoms with E-state index in [0.29, 0.717) is 6.54 Å². The lowest BCUT2D eigenvalue weighted by atomic mass is 10.0. The standard InChI is InChI=1S/C10H17N3O2.ClH/c1-6(7(2)11)10(14)12-4-9-8(3)15-5-13-9;/h5-7H,4,11H2,1-3H3,(H,12,14);1H. The van der Waals surface area contributed by atoms with Crippen molar-refractivity contribution in [1.82, 2.24) is 10.3 Å². The van der Waals surface area contributed by atoms with Gasteiger partial charge in [0.25, 0.3) is 0 Å². The lowest BCUT2D eigenvalue weighted by Gasteiger charge is -2.14. The van der Waals surface area contributed by atoms with Gasteiger partial charge in [-0.3, -0.25) is 4.79 Å². The number of nitrogens with one attached hydrogen (secondary N) is 1. The number of amides is 1. The number of carbonyl (C=O) groups excluding carboxylic acids is 1. The quantitative estimate of drug-likeness (QED) is 0.832. The van der Waals surface area contributed by atoms with E-state index in [2.05, 4.69) is 10.3 Å². The predicted molar refractivity (Wildman–Crippen MR) is 63.1 cm³/mol. The number of rotatable bonds is 4. The second-order valence-corrected chi connectivity index (χ2v) is 3.72. The minimum absolute atomic E-state index is 0. The summed E-state index contributed by atoms with van der Waals surface area (Å²) >= 11 is 0. The van der Waals surface area contributed by atoms with Crippen LogP contribution in [0.1, 0.15) is 25.3 Å². The van der Waals surface area contributed by atoms with E-state index < -0.39 is 0 Å². The van der Waals surface area contributed by atoms with Crippen molar-refractivity contribution >= 4 is 18.3 Å². The summed E-state index contributed by atoms with van der Waals surface area (Å²) in [5.41, 5.74) is 6.37. The molecule has 0 spiro atoms. The number of aromatic nitrogens is 1. The highest BCUT2D eigenvalue weighted by Gasteiger charge is 2.17. The van der Waals surface area contributed by atoms with Gasteiger partial charge in [-0.05, 0) is 13.8 Å². The molecule has 2 atom stereocenters. The SMILES string of the molecule is Cc1ocnc1CNC(=O)C(C)C(C)N.Cl. The molecular formula is C10H18ClN3O2. The van der Waals surface area contributed by atoms with Crippen LogP contribution >= 0.6 is 12.4 Å². The van der Waals surface area contributed by atoms with Gasteiger partial charge in [0.2, 0.25) is 5.91 Å². The molecule has 5 nitrogen and oxygen atoms in total. The summed E-state index contributed by atoms with van der Waals surface area (Å²) in [5.74, 6) is 0.466. The van der Waals surface area contributed by atoms with Gasteiger partial charge in [0, 0.05) is 12.0 Å². The molecule has 0 aromatic carbocycles. The Kier molecular flexibility index (Phi) is 6.06. The summed E-state index contributed by atoms with van der Waals surface area (Å²) in [6.07, 6.45) is 1.37. The van der Waals surface area contributed by atoms with Crippen molar-refractivity contribution < 1.29 is 9.21 Å². The van der Waals surface area contributed by atoms with Gasteiger partial charge in [0.05, 0.1) is 6.54 Å². The Bertz CT molecular complexity index is 339. The monoisotopic (exact) mass is 247 g/mol. The summed E-state index contributed by atoms with van der Waals surface area (Å²) < 4.78 is 5.02. The molecule has 0 aliphatic heterocycles. The molecule has 2 unspecified atom stereocenters. The average Bonchev–Trinajstić information content (AvgIpc) is 2.59. The van der Waals surface area contributed by atoms with Crippen molar-refractivity contribution in [2.75, 3.05) is 0 Å². The second kappa shape index (κ2) is 6.50. The molecule has 1 aromatic heterocycles. The van der Waals surface area contributed by atoms with E-state index in [1.165, 1.54) is 6.39 Å². The van der Waals surface area contributed by atoms with Crippen molar-refractivity contribution in [3.63, 3.8) is 0 Å². The van der Waals surface area contributed by atoms with Crippen LogP contribution in [0.25, 0.3) is 0 Å². The maximum Gasteiger partial charge on any atom is 0.224 e. The lowest BCUT2D eigenvalue weighted by Crippen LogP contribution is -2.38. The number of nitrogens with zero attached hydrogens (tertiary/aromatic N) is 1. The molecule has 16 heavy (non-hydrogen) atoms. The van der Waals surface area contributed by atoms with Crippen LogP contribution in [0.4, 0.5) is 0 Å². The fraction of sp³-hybridized carbons (Fsp3) is 0.600. The van der Waals surface area contributed by atoms with Crippen LogP contribution in [-0.2, 0) is 11.3 Å². The average molecular weight is 248 g/mol. The normalized spacial score (nSPS) is 13.8. The molecule has 0 fully saturated rings. The first kappa shape index (κ1) is 14.9. The summed E-state index contributed by atoms with van der Waals surface area (Å²) in [6.45, 7) is 5.81. The van der Waals surface area contributed by atoms with Crippen LogP contribution in [0, 0.1) is 12.8 Å². The van der Waals surface area contributed by atoms with Crippen LogP contribution in [0.5, 0.6) is 0 Å². The lowest BCUT2D eigenvalue weighted by molar-refractivity contribution is -0.125. The van der Waals surface area contributed by atoms with Gasteiger partial charge < -0.3 is 15.5 Å². The topological polar surface area (TPSA) is 81.2 Å². The molecule has 1 rings (SSSR count). The van der Waals surface area contributed by atoms with Crippen LogP contribution in [-0.4, -0.2) is 16.9 Å². The van der Waals surface area contributed by atoms with E-state index in [1.54, 1.807) is 6.92 Å². The Labute approximate surface area is 101 Å². The molecule has 0 aliphatic carbocycles.